The Morgan fingerprint density at radius 3 is 2.42 bits per heavy atom. The first kappa shape index (κ1) is 17.4. The molecule has 132 valence electrons. The normalized spacial score (nSPS) is 23.2. The van der Waals surface area contributed by atoms with Crippen LogP contribution >= 0.6 is 0 Å². The van der Waals surface area contributed by atoms with Crippen LogP contribution in [0.15, 0.2) is 29.2 Å². The summed E-state index contributed by atoms with van der Waals surface area (Å²) in [6, 6.07) is 6.31. The van der Waals surface area contributed by atoms with Crippen molar-refractivity contribution in [3.05, 3.63) is 29.8 Å². The zero-order valence-corrected chi connectivity index (χ0v) is 14.8. The van der Waals surface area contributed by atoms with E-state index in [1.807, 2.05) is 4.90 Å². The molecule has 0 radical (unpaired) electrons. The molecule has 2 aliphatic heterocycles. The molecule has 0 unspecified atom stereocenters. The molecule has 7 heteroatoms. The van der Waals surface area contributed by atoms with Crippen molar-refractivity contribution in [2.45, 2.75) is 24.7 Å². The molecule has 0 aliphatic carbocycles. The lowest BCUT2D eigenvalue weighted by Gasteiger charge is -2.31. The van der Waals surface area contributed by atoms with Crippen LogP contribution in [-0.4, -0.2) is 62.9 Å². The Morgan fingerprint density at radius 2 is 1.79 bits per heavy atom. The molecule has 2 heterocycles. The van der Waals surface area contributed by atoms with Gasteiger partial charge in [-0.05, 0) is 43.0 Å². The van der Waals surface area contributed by atoms with Crippen molar-refractivity contribution in [3.8, 4) is 0 Å². The number of amides is 1. The standard InChI is InChI=1S/C17H24N2O4S/c1-14-3-2-8-18(13-14)17(20)15-4-6-16(7-5-15)24(21,22)19-9-11-23-12-10-19/h4-7,14H,2-3,8-13H2,1H3/t14-/m1/s1. The fraction of sp³-hybridized carbons (Fsp3) is 0.588. The topological polar surface area (TPSA) is 66.9 Å². The number of carbonyl (C=O) groups excluding carboxylic acids is 1. The third-order valence-corrected chi connectivity index (χ3v) is 6.57. The van der Waals surface area contributed by atoms with Crippen LogP contribution in [0, 0.1) is 5.92 Å². The summed E-state index contributed by atoms with van der Waals surface area (Å²) in [5.74, 6) is 0.501. The number of sulfonamides is 1. The van der Waals surface area contributed by atoms with Crippen molar-refractivity contribution in [1.29, 1.82) is 0 Å². The SMILES string of the molecule is C[C@@H]1CCCN(C(=O)c2ccc(S(=O)(=O)N3CCOCC3)cc2)C1. The van der Waals surface area contributed by atoms with Crippen LogP contribution in [0.3, 0.4) is 0 Å². The summed E-state index contributed by atoms with van der Waals surface area (Å²) in [6.07, 6.45) is 2.18. The van der Waals surface area contributed by atoms with Crippen molar-refractivity contribution >= 4 is 15.9 Å². The first-order chi connectivity index (χ1) is 11.5. The zero-order valence-electron chi connectivity index (χ0n) is 14.0. The molecule has 2 fully saturated rings. The maximum absolute atomic E-state index is 12.6. The van der Waals surface area contributed by atoms with E-state index in [0.717, 1.165) is 25.9 Å². The van der Waals surface area contributed by atoms with E-state index in [2.05, 4.69) is 6.92 Å². The van der Waals surface area contributed by atoms with Gasteiger partial charge in [-0.15, -0.1) is 0 Å². The highest BCUT2D eigenvalue weighted by Crippen LogP contribution is 2.21. The average Bonchev–Trinajstić information content (AvgIpc) is 2.62. The Balaban J connectivity index is 1.74. The summed E-state index contributed by atoms with van der Waals surface area (Å²) in [6.45, 7) is 5.27. The minimum atomic E-state index is -3.51. The lowest BCUT2D eigenvalue weighted by Crippen LogP contribution is -2.40. The van der Waals surface area contributed by atoms with Crippen molar-refractivity contribution in [1.82, 2.24) is 9.21 Å². The quantitative estimate of drug-likeness (QED) is 0.828. The van der Waals surface area contributed by atoms with Crippen LogP contribution in [0.25, 0.3) is 0 Å². The van der Waals surface area contributed by atoms with Gasteiger partial charge in [-0.2, -0.15) is 4.31 Å². The van der Waals surface area contributed by atoms with Crippen LogP contribution in [0.2, 0.25) is 0 Å². The van der Waals surface area contributed by atoms with E-state index in [1.165, 1.54) is 16.4 Å². The molecule has 1 aromatic rings. The minimum Gasteiger partial charge on any atom is -0.379 e. The smallest absolute Gasteiger partial charge is 0.253 e. The summed E-state index contributed by atoms with van der Waals surface area (Å²) >= 11 is 0. The summed E-state index contributed by atoms with van der Waals surface area (Å²) in [5.41, 5.74) is 0.546. The number of carbonyl (C=O) groups is 1. The van der Waals surface area contributed by atoms with Gasteiger partial charge in [0.2, 0.25) is 10.0 Å². The van der Waals surface area contributed by atoms with Gasteiger partial charge < -0.3 is 9.64 Å². The minimum absolute atomic E-state index is 0.0168. The number of morpholine rings is 1. The fourth-order valence-corrected chi connectivity index (χ4v) is 4.67. The van der Waals surface area contributed by atoms with Gasteiger partial charge in [-0.3, -0.25) is 4.79 Å². The highest BCUT2D eigenvalue weighted by Gasteiger charge is 2.27. The first-order valence-electron chi connectivity index (χ1n) is 8.46. The largest absolute Gasteiger partial charge is 0.379 e. The van der Waals surface area contributed by atoms with Crippen LogP contribution in [0.5, 0.6) is 0 Å². The van der Waals surface area contributed by atoms with Gasteiger partial charge in [0.05, 0.1) is 18.1 Å². The average molecular weight is 352 g/mol. The molecule has 1 amide bonds. The van der Waals surface area contributed by atoms with Crippen molar-refractivity contribution in [3.63, 3.8) is 0 Å². The highest BCUT2D eigenvalue weighted by atomic mass is 32.2. The van der Waals surface area contributed by atoms with Gasteiger partial charge in [-0.1, -0.05) is 6.92 Å². The molecule has 0 spiro atoms. The predicted octanol–water partition coefficient (Wildman–Crippen LogP) is 1.58. The van der Waals surface area contributed by atoms with Crippen molar-refractivity contribution in [2.75, 3.05) is 39.4 Å². The van der Waals surface area contributed by atoms with E-state index in [1.54, 1.807) is 12.1 Å². The van der Waals surface area contributed by atoms with Gasteiger partial charge >= 0.3 is 0 Å². The molecule has 2 saturated heterocycles. The molecule has 0 bridgehead atoms. The zero-order chi connectivity index (χ0) is 17.2. The fourth-order valence-electron chi connectivity index (χ4n) is 3.26. The molecule has 0 N–H and O–H groups in total. The predicted molar refractivity (Wildman–Crippen MR) is 90.3 cm³/mol. The van der Waals surface area contributed by atoms with Gasteiger partial charge in [0.25, 0.3) is 5.91 Å². The summed E-state index contributed by atoms with van der Waals surface area (Å²) in [5, 5.41) is 0. The molecule has 2 aliphatic rings. The van der Waals surface area contributed by atoms with Crippen LogP contribution in [0.1, 0.15) is 30.1 Å². The Bertz CT molecular complexity index is 681. The van der Waals surface area contributed by atoms with E-state index in [-0.39, 0.29) is 10.8 Å². The molecular weight excluding hydrogens is 328 g/mol. The number of nitrogens with zero attached hydrogens (tertiary/aromatic N) is 2. The lowest BCUT2D eigenvalue weighted by molar-refractivity contribution is 0.0683. The van der Waals surface area contributed by atoms with Gasteiger partial charge in [0.1, 0.15) is 0 Å². The molecule has 6 nitrogen and oxygen atoms in total. The highest BCUT2D eigenvalue weighted by molar-refractivity contribution is 7.89. The Kier molecular flexibility index (Phi) is 5.22. The number of hydrogen-bond acceptors (Lipinski definition) is 4. The summed E-state index contributed by atoms with van der Waals surface area (Å²) in [4.78, 5) is 14.6. The third kappa shape index (κ3) is 3.63. The second-order valence-electron chi connectivity index (χ2n) is 6.54. The van der Waals surface area contributed by atoms with E-state index in [9.17, 15) is 13.2 Å². The summed E-state index contributed by atoms with van der Waals surface area (Å²) < 4.78 is 31.8. The Hall–Kier alpha value is -1.44. The molecule has 24 heavy (non-hydrogen) atoms. The number of ether oxygens (including phenoxy) is 1. The van der Waals surface area contributed by atoms with Gasteiger partial charge in [0.15, 0.2) is 0 Å². The lowest BCUT2D eigenvalue weighted by atomic mass is 9.99. The van der Waals surface area contributed by atoms with Crippen LogP contribution < -0.4 is 0 Å². The number of piperidine rings is 1. The van der Waals surface area contributed by atoms with E-state index >= 15 is 0 Å². The first-order valence-corrected chi connectivity index (χ1v) is 9.90. The number of likely N-dealkylation sites (tertiary alicyclic amines) is 1. The van der Waals surface area contributed by atoms with Gasteiger partial charge in [-0.25, -0.2) is 8.42 Å². The number of rotatable bonds is 3. The molecular formula is C17H24N2O4S. The molecule has 1 atom stereocenters. The number of benzene rings is 1. The maximum atomic E-state index is 12.6. The van der Waals surface area contributed by atoms with E-state index in [4.69, 9.17) is 4.74 Å². The van der Waals surface area contributed by atoms with E-state index in [0.29, 0.717) is 37.8 Å². The Labute approximate surface area is 143 Å². The molecule has 0 aromatic heterocycles. The molecule has 0 saturated carbocycles. The maximum Gasteiger partial charge on any atom is 0.253 e. The third-order valence-electron chi connectivity index (χ3n) is 4.65. The summed E-state index contributed by atoms with van der Waals surface area (Å²) in [7, 11) is -3.51. The second kappa shape index (κ2) is 7.21. The number of hydrogen-bond donors (Lipinski definition) is 0. The van der Waals surface area contributed by atoms with Gasteiger partial charge in [0, 0.05) is 31.7 Å². The van der Waals surface area contributed by atoms with Crippen molar-refractivity contribution < 1.29 is 17.9 Å². The molecule has 3 rings (SSSR count). The van der Waals surface area contributed by atoms with Crippen molar-refractivity contribution in [2.24, 2.45) is 5.92 Å². The second-order valence-corrected chi connectivity index (χ2v) is 8.48. The van der Waals surface area contributed by atoms with Crippen LogP contribution in [-0.2, 0) is 14.8 Å². The monoisotopic (exact) mass is 352 g/mol. The Morgan fingerprint density at radius 1 is 1.12 bits per heavy atom. The van der Waals surface area contributed by atoms with Crippen LogP contribution in [0.4, 0.5) is 0 Å². The molecule has 1 aromatic carbocycles. The van der Waals surface area contributed by atoms with E-state index < -0.39 is 10.0 Å².